The van der Waals surface area contributed by atoms with Crippen molar-refractivity contribution in [2.45, 2.75) is 94.7 Å². The summed E-state index contributed by atoms with van der Waals surface area (Å²) < 4.78 is 0. The first-order valence-electron chi connectivity index (χ1n) is 11.6. The number of hydrogen-bond acceptors (Lipinski definition) is 3. The molecule has 1 heterocycles. The van der Waals surface area contributed by atoms with E-state index in [2.05, 4.69) is 11.0 Å². The molecule has 1 aliphatic heterocycles. The van der Waals surface area contributed by atoms with Crippen molar-refractivity contribution in [2.75, 3.05) is 13.1 Å². The predicted octanol–water partition coefficient (Wildman–Crippen LogP) is 4.67. The Balaban J connectivity index is 1.34. The SMILES string of the molecule is NC1CCN(C(O)C2CCC(Cl)[C@@H]([C@@H]3CC=C(C4CCCCC4)CC3)C2)C1. The summed E-state index contributed by atoms with van der Waals surface area (Å²) in [6.45, 7) is 1.80. The smallest absolute Gasteiger partial charge is 0.110 e. The molecule has 27 heavy (non-hydrogen) atoms. The van der Waals surface area contributed by atoms with E-state index in [0.29, 0.717) is 17.2 Å². The molecule has 0 aromatic heterocycles. The fraction of sp³-hybridized carbons (Fsp3) is 0.913. The largest absolute Gasteiger partial charge is 0.378 e. The van der Waals surface area contributed by atoms with Crippen LogP contribution in [0.1, 0.15) is 77.0 Å². The quantitative estimate of drug-likeness (QED) is 0.538. The Morgan fingerprint density at radius 2 is 1.89 bits per heavy atom. The summed E-state index contributed by atoms with van der Waals surface area (Å²) >= 11 is 6.82. The Bertz CT molecular complexity index is 519. The zero-order valence-electron chi connectivity index (χ0n) is 16.9. The van der Waals surface area contributed by atoms with Gasteiger partial charge in [0, 0.05) is 24.5 Å². The van der Waals surface area contributed by atoms with Crippen LogP contribution in [0.25, 0.3) is 0 Å². The molecule has 3 aliphatic carbocycles. The highest BCUT2D eigenvalue weighted by Crippen LogP contribution is 2.45. The highest BCUT2D eigenvalue weighted by atomic mass is 35.5. The van der Waals surface area contributed by atoms with Crippen LogP contribution < -0.4 is 5.73 Å². The summed E-state index contributed by atoms with van der Waals surface area (Å²) in [5.74, 6) is 2.54. The molecule has 6 atom stereocenters. The van der Waals surface area contributed by atoms with Gasteiger partial charge in [-0.25, -0.2) is 0 Å². The molecular formula is C23H39ClN2O. The molecule has 0 amide bonds. The van der Waals surface area contributed by atoms with Gasteiger partial charge in [-0.15, -0.1) is 11.6 Å². The topological polar surface area (TPSA) is 49.5 Å². The minimum absolute atomic E-state index is 0.238. The maximum atomic E-state index is 10.9. The van der Waals surface area contributed by atoms with Crippen LogP contribution in [0.3, 0.4) is 0 Å². The standard InChI is InChI=1S/C23H39ClN2O/c24-22-11-10-19(23(27)26-13-12-20(25)15-26)14-21(22)18-8-6-17(7-9-18)16-4-2-1-3-5-16/h6,16,18-23,27H,1-5,7-15,25H2/t18-,19?,20?,21-,22?,23?/m1/s1. The van der Waals surface area contributed by atoms with E-state index < -0.39 is 0 Å². The van der Waals surface area contributed by atoms with Crippen LogP contribution >= 0.6 is 11.6 Å². The van der Waals surface area contributed by atoms with Gasteiger partial charge in [0.25, 0.3) is 0 Å². The van der Waals surface area contributed by atoms with Crippen molar-refractivity contribution >= 4 is 11.6 Å². The van der Waals surface area contributed by atoms with Gasteiger partial charge in [0.15, 0.2) is 0 Å². The molecule has 0 radical (unpaired) electrons. The Labute approximate surface area is 170 Å². The second kappa shape index (κ2) is 9.15. The summed E-state index contributed by atoms with van der Waals surface area (Å²) in [6.07, 6.45) is 17.5. The molecule has 0 aromatic rings. The third kappa shape index (κ3) is 4.74. The molecule has 4 heteroatoms. The minimum Gasteiger partial charge on any atom is -0.378 e. The zero-order valence-corrected chi connectivity index (χ0v) is 17.6. The van der Waals surface area contributed by atoms with Gasteiger partial charge in [0.05, 0.1) is 0 Å². The van der Waals surface area contributed by atoms with Gasteiger partial charge in [-0.1, -0.05) is 30.9 Å². The Hall–Kier alpha value is -0.0900. The Kier molecular flexibility index (Phi) is 6.85. The van der Waals surface area contributed by atoms with Crippen molar-refractivity contribution < 1.29 is 5.11 Å². The zero-order chi connectivity index (χ0) is 18.8. The number of likely N-dealkylation sites (tertiary alicyclic amines) is 1. The lowest BCUT2D eigenvalue weighted by molar-refractivity contribution is -0.0493. The van der Waals surface area contributed by atoms with Crippen LogP contribution in [0, 0.1) is 23.7 Å². The average Bonchev–Trinajstić information content (AvgIpc) is 3.15. The average molecular weight is 395 g/mol. The van der Waals surface area contributed by atoms with E-state index in [1.54, 1.807) is 5.57 Å². The second-order valence-corrected chi connectivity index (χ2v) is 10.4. The molecule has 3 N–H and O–H groups in total. The van der Waals surface area contributed by atoms with Gasteiger partial charge in [-0.05, 0) is 81.5 Å². The van der Waals surface area contributed by atoms with Crippen molar-refractivity contribution in [1.29, 1.82) is 0 Å². The van der Waals surface area contributed by atoms with E-state index in [0.717, 1.165) is 50.6 Å². The number of nitrogens with two attached hydrogens (primary N) is 1. The number of aliphatic hydroxyl groups is 1. The third-order valence-electron chi connectivity index (χ3n) is 8.13. The number of allylic oxidation sites excluding steroid dienone is 2. The Morgan fingerprint density at radius 1 is 1.07 bits per heavy atom. The van der Waals surface area contributed by atoms with Crippen molar-refractivity contribution in [3.63, 3.8) is 0 Å². The molecule has 154 valence electrons. The number of nitrogens with zero attached hydrogens (tertiary/aromatic N) is 1. The fourth-order valence-corrected chi connectivity index (χ4v) is 6.86. The third-order valence-corrected chi connectivity index (χ3v) is 8.67. The summed E-state index contributed by atoms with van der Waals surface area (Å²) in [5.41, 5.74) is 7.81. The van der Waals surface area contributed by atoms with E-state index in [-0.39, 0.29) is 12.3 Å². The van der Waals surface area contributed by atoms with E-state index in [4.69, 9.17) is 17.3 Å². The molecule has 3 fully saturated rings. The maximum Gasteiger partial charge on any atom is 0.110 e. The highest BCUT2D eigenvalue weighted by Gasteiger charge is 2.40. The monoisotopic (exact) mass is 394 g/mol. The van der Waals surface area contributed by atoms with Crippen molar-refractivity contribution in [3.05, 3.63) is 11.6 Å². The van der Waals surface area contributed by atoms with Gasteiger partial charge >= 0.3 is 0 Å². The summed E-state index contributed by atoms with van der Waals surface area (Å²) in [7, 11) is 0. The van der Waals surface area contributed by atoms with Crippen LogP contribution in [-0.4, -0.2) is 40.7 Å². The normalized spacial score (nSPS) is 40.7. The predicted molar refractivity (Wildman–Crippen MR) is 113 cm³/mol. The summed E-state index contributed by atoms with van der Waals surface area (Å²) in [4.78, 5) is 2.21. The first-order valence-corrected chi connectivity index (χ1v) is 12.1. The molecule has 4 rings (SSSR count). The summed E-state index contributed by atoms with van der Waals surface area (Å²) in [6, 6.07) is 0.238. The molecule has 2 saturated carbocycles. The second-order valence-electron chi connectivity index (χ2n) is 9.86. The van der Waals surface area contributed by atoms with Gasteiger partial charge in [0.2, 0.25) is 0 Å². The molecule has 0 bridgehead atoms. The lowest BCUT2D eigenvalue weighted by atomic mass is 9.68. The molecule has 1 saturated heterocycles. The highest BCUT2D eigenvalue weighted by molar-refractivity contribution is 6.20. The first kappa shape index (κ1) is 20.2. The lowest BCUT2D eigenvalue weighted by Crippen LogP contribution is -2.44. The van der Waals surface area contributed by atoms with Crippen LogP contribution in [-0.2, 0) is 0 Å². The first-order chi connectivity index (χ1) is 13.1. The van der Waals surface area contributed by atoms with Crippen LogP contribution in [0.15, 0.2) is 11.6 Å². The number of rotatable bonds is 4. The minimum atomic E-state index is -0.317. The van der Waals surface area contributed by atoms with Gasteiger partial charge < -0.3 is 10.8 Å². The van der Waals surface area contributed by atoms with Crippen molar-refractivity contribution in [3.8, 4) is 0 Å². The molecule has 3 nitrogen and oxygen atoms in total. The number of alkyl halides is 1. The summed E-state index contributed by atoms with van der Waals surface area (Å²) in [5, 5.41) is 11.2. The van der Waals surface area contributed by atoms with Gasteiger partial charge in [0.1, 0.15) is 6.23 Å². The fourth-order valence-electron chi connectivity index (χ4n) is 6.42. The van der Waals surface area contributed by atoms with Crippen molar-refractivity contribution in [2.24, 2.45) is 29.4 Å². The Morgan fingerprint density at radius 3 is 2.56 bits per heavy atom. The van der Waals surface area contributed by atoms with E-state index in [1.165, 1.54) is 51.4 Å². The van der Waals surface area contributed by atoms with Crippen LogP contribution in [0.5, 0.6) is 0 Å². The molecule has 0 aromatic carbocycles. The number of hydrogen-bond donors (Lipinski definition) is 2. The van der Waals surface area contributed by atoms with Crippen molar-refractivity contribution in [1.82, 2.24) is 4.90 Å². The molecule has 0 spiro atoms. The van der Waals surface area contributed by atoms with Gasteiger partial charge in [-0.2, -0.15) is 0 Å². The van der Waals surface area contributed by atoms with Crippen LogP contribution in [0.4, 0.5) is 0 Å². The van der Waals surface area contributed by atoms with E-state index >= 15 is 0 Å². The molecule has 4 aliphatic rings. The van der Waals surface area contributed by atoms with Crippen LogP contribution in [0.2, 0.25) is 0 Å². The lowest BCUT2D eigenvalue weighted by Gasteiger charge is -2.42. The number of halogens is 1. The molecule has 4 unspecified atom stereocenters. The number of aliphatic hydroxyl groups excluding tert-OH is 1. The molecular weight excluding hydrogens is 356 g/mol. The van der Waals surface area contributed by atoms with E-state index in [1.807, 2.05) is 0 Å². The maximum absolute atomic E-state index is 10.9. The van der Waals surface area contributed by atoms with Gasteiger partial charge in [-0.3, -0.25) is 4.90 Å². The van der Waals surface area contributed by atoms with E-state index in [9.17, 15) is 5.11 Å².